The van der Waals surface area contributed by atoms with Crippen molar-refractivity contribution in [2.24, 2.45) is 0 Å². The molecule has 0 amide bonds. The zero-order valence-corrected chi connectivity index (χ0v) is 12.4. The molecule has 1 saturated heterocycles. The van der Waals surface area contributed by atoms with E-state index in [0.29, 0.717) is 0 Å². The Morgan fingerprint density at radius 1 is 0.950 bits per heavy atom. The van der Waals surface area contributed by atoms with E-state index >= 15 is 0 Å². The zero-order chi connectivity index (χ0) is 14.5. The molecule has 0 bridgehead atoms. The Hall–Kier alpha value is -1.52. The summed E-state index contributed by atoms with van der Waals surface area (Å²) in [4.78, 5) is 0. The van der Waals surface area contributed by atoms with Gasteiger partial charge in [-0.15, -0.1) is 0 Å². The van der Waals surface area contributed by atoms with Crippen molar-refractivity contribution in [1.29, 1.82) is 0 Å². The monoisotopic (exact) mass is 269 g/mol. The number of nitrogens with two attached hydrogens (primary N) is 1. The van der Waals surface area contributed by atoms with Gasteiger partial charge in [0.05, 0.1) is 11.2 Å². The molecule has 1 aliphatic rings. The number of hydrogen-bond donors (Lipinski definition) is 1. The van der Waals surface area contributed by atoms with Crippen LogP contribution in [0, 0.1) is 0 Å². The quantitative estimate of drug-likeness (QED) is 0.639. The van der Waals surface area contributed by atoms with Crippen molar-refractivity contribution in [2.45, 2.75) is 38.9 Å². The van der Waals surface area contributed by atoms with Crippen LogP contribution >= 0.6 is 0 Å². The second-order valence-electron chi connectivity index (χ2n) is 6.42. The third-order valence-corrected chi connectivity index (χ3v) is 4.44. The van der Waals surface area contributed by atoms with E-state index in [1.54, 1.807) is 0 Å². The van der Waals surface area contributed by atoms with Crippen molar-refractivity contribution < 1.29 is 9.31 Å². The maximum atomic E-state index is 6.15. The van der Waals surface area contributed by atoms with Crippen molar-refractivity contribution in [3.8, 4) is 0 Å². The maximum absolute atomic E-state index is 6.15. The minimum atomic E-state index is -0.369. The highest BCUT2D eigenvalue weighted by Gasteiger charge is 2.51. The van der Waals surface area contributed by atoms with E-state index in [0.717, 1.165) is 21.9 Å². The van der Waals surface area contributed by atoms with E-state index in [4.69, 9.17) is 15.0 Å². The first-order chi connectivity index (χ1) is 9.30. The number of hydrogen-bond acceptors (Lipinski definition) is 3. The van der Waals surface area contributed by atoms with Crippen molar-refractivity contribution in [3.63, 3.8) is 0 Å². The fraction of sp³-hybridized carbons (Fsp3) is 0.375. The number of fused-ring (bicyclic) bond motifs is 1. The minimum absolute atomic E-state index is 0.335. The summed E-state index contributed by atoms with van der Waals surface area (Å²) in [5, 5.41) is 2.17. The molecule has 2 aromatic carbocycles. The maximum Gasteiger partial charge on any atom is 0.494 e. The van der Waals surface area contributed by atoms with Gasteiger partial charge < -0.3 is 15.0 Å². The average Bonchev–Trinajstić information content (AvgIpc) is 2.58. The number of benzene rings is 2. The Morgan fingerprint density at radius 3 is 2.20 bits per heavy atom. The van der Waals surface area contributed by atoms with E-state index < -0.39 is 0 Å². The molecule has 0 saturated carbocycles. The van der Waals surface area contributed by atoms with Crippen LogP contribution in [0.3, 0.4) is 0 Å². The summed E-state index contributed by atoms with van der Waals surface area (Å²) < 4.78 is 12.2. The Kier molecular flexibility index (Phi) is 2.85. The molecule has 2 N–H and O–H groups in total. The molecule has 1 aliphatic heterocycles. The second-order valence-corrected chi connectivity index (χ2v) is 6.42. The van der Waals surface area contributed by atoms with Crippen LogP contribution < -0.4 is 11.2 Å². The fourth-order valence-electron chi connectivity index (χ4n) is 2.48. The van der Waals surface area contributed by atoms with Crippen molar-refractivity contribution in [2.75, 3.05) is 5.73 Å². The van der Waals surface area contributed by atoms with Gasteiger partial charge in [-0.2, -0.15) is 0 Å². The molecule has 0 atom stereocenters. The predicted octanol–water partition coefficient (Wildman–Crippen LogP) is 2.72. The summed E-state index contributed by atoms with van der Waals surface area (Å²) in [6, 6.07) is 12.1. The van der Waals surface area contributed by atoms with Gasteiger partial charge in [-0.05, 0) is 44.6 Å². The van der Waals surface area contributed by atoms with Crippen LogP contribution in [0.1, 0.15) is 27.7 Å². The lowest BCUT2D eigenvalue weighted by Gasteiger charge is -2.32. The van der Waals surface area contributed by atoms with Gasteiger partial charge in [0, 0.05) is 11.1 Å². The normalized spacial score (nSPS) is 20.5. The minimum Gasteiger partial charge on any atom is -0.399 e. The van der Waals surface area contributed by atoms with Crippen LogP contribution in [0.4, 0.5) is 5.69 Å². The molecule has 1 fully saturated rings. The van der Waals surface area contributed by atoms with E-state index in [2.05, 4.69) is 39.8 Å². The summed E-state index contributed by atoms with van der Waals surface area (Å²) in [6.07, 6.45) is 0. The van der Waals surface area contributed by atoms with Gasteiger partial charge in [-0.1, -0.05) is 30.3 Å². The Morgan fingerprint density at radius 2 is 1.55 bits per heavy atom. The number of anilines is 1. The highest BCUT2D eigenvalue weighted by molar-refractivity contribution is 6.62. The lowest BCUT2D eigenvalue weighted by atomic mass is 9.78. The van der Waals surface area contributed by atoms with Crippen LogP contribution in [0.15, 0.2) is 36.4 Å². The van der Waals surface area contributed by atoms with E-state index in [9.17, 15) is 0 Å². The van der Waals surface area contributed by atoms with E-state index in [-0.39, 0.29) is 18.3 Å². The van der Waals surface area contributed by atoms with Gasteiger partial charge in [0.1, 0.15) is 0 Å². The molecule has 0 unspecified atom stereocenters. The van der Waals surface area contributed by atoms with Gasteiger partial charge in [-0.25, -0.2) is 0 Å². The molecule has 3 nitrogen and oxygen atoms in total. The van der Waals surface area contributed by atoms with Gasteiger partial charge in [0.15, 0.2) is 0 Å². The van der Waals surface area contributed by atoms with Crippen molar-refractivity contribution in [3.05, 3.63) is 36.4 Å². The molecule has 104 valence electrons. The molecular formula is C16H20BNO2. The molecule has 1 heterocycles. The van der Waals surface area contributed by atoms with Gasteiger partial charge in [0.25, 0.3) is 0 Å². The Labute approximate surface area is 120 Å². The summed E-state index contributed by atoms with van der Waals surface area (Å²) in [5.41, 5.74) is 7.21. The molecule has 20 heavy (non-hydrogen) atoms. The van der Waals surface area contributed by atoms with Crippen LogP contribution in [0.2, 0.25) is 0 Å². The van der Waals surface area contributed by atoms with Crippen molar-refractivity contribution >= 4 is 29.0 Å². The predicted molar refractivity (Wildman–Crippen MR) is 84.1 cm³/mol. The highest BCUT2D eigenvalue weighted by Crippen LogP contribution is 2.36. The van der Waals surface area contributed by atoms with Crippen LogP contribution in [-0.2, 0) is 9.31 Å². The van der Waals surface area contributed by atoms with Crippen LogP contribution in [0.5, 0.6) is 0 Å². The zero-order valence-electron chi connectivity index (χ0n) is 12.4. The van der Waals surface area contributed by atoms with Gasteiger partial charge >= 0.3 is 7.12 Å². The summed E-state index contributed by atoms with van der Waals surface area (Å²) in [6.45, 7) is 8.21. The largest absolute Gasteiger partial charge is 0.494 e. The molecule has 0 aromatic heterocycles. The lowest BCUT2D eigenvalue weighted by molar-refractivity contribution is 0.00578. The molecule has 0 radical (unpaired) electrons. The SMILES string of the molecule is CC1(C)OB(c2cc(N)c3ccccc3c2)OC1(C)C. The Bertz CT molecular complexity index is 651. The van der Waals surface area contributed by atoms with Gasteiger partial charge in [-0.3, -0.25) is 0 Å². The molecule has 0 spiro atoms. The standard InChI is InChI=1S/C16H20BNO2/c1-15(2)16(3,4)20-17(19-15)12-9-11-7-5-6-8-13(11)14(18)10-12/h5-10H,18H2,1-4H3. The molecular weight excluding hydrogens is 249 g/mol. The molecule has 4 heteroatoms. The lowest BCUT2D eigenvalue weighted by Crippen LogP contribution is -2.41. The third kappa shape index (κ3) is 2.00. The summed E-state index contributed by atoms with van der Waals surface area (Å²) >= 11 is 0. The summed E-state index contributed by atoms with van der Waals surface area (Å²) in [5.74, 6) is 0. The van der Waals surface area contributed by atoms with Crippen molar-refractivity contribution in [1.82, 2.24) is 0 Å². The number of nitrogen functional groups attached to an aromatic ring is 1. The highest BCUT2D eigenvalue weighted by atomic mass is 16.7. The molecule has 2 aromatic rings. The van der Waals surface area contributed by atoms with E-state index in [1.165, 1.54) is 0 Å². The fourth-order valence-corrected chi connectivity index (χ4v) is 2.48. The van der Waals surface area contributed by atoms with Gasteiger partial charge in [0.2, 0.25) is 0 Å². The van der Waals surface area contributed by atoms with Crippen LogP contribution in [0.25, 0.3) is 10.8 Å². The third-order valence-electron chi connectivity index (χ3n) is 4.44. The second kappa shape index (κ2) is 4.24. The first-order valence-electron chi connectivity index (χ1n) is 6.94. The summed E-state index contributed by atoms with van der Waals surface area (Å²) in [7, 11) is -0.369. The average molecular weight is 269 g/mol. The number of rotatable bonds is 1. The first-order valence-corrected chi connectivity index (χ1v) is 6.94. The first kappa shape index (κ1) is 13.5. The molecule has 3 rings (SSSR count). The van der Waals surface area contributed by atoms with E-state index in [1.807, 2.05) is 24.3 Å². The molecule has 0 aliphatic carbocycles. The smallest absolute Gasteiger partial charge is 0.399 e. The Balaban J connectivity index is 2.04. The van der Waals surface area contributed by atoms with Crippen LogP contribution in [-0.4, -0.2) is 18.3 Å². The topological polar surface area (TPSA) is 44.5 Å².